The maximum absolute atomic E-state index is 11.3. The number of carbonyl (C=O) groups is 1. The summed E-state index contributed by atoms with van der Waals surface area (Å²) >= 11 is 0. The van der Waals surface area contributed by atoms with Crippen molar-refractivity contribution in [3.8, 4) is 23.3 Å². The Kier molecular flexibility index (Phi) is 2.80. The molecule has 6 heteroatoms. The van der Waals surface area contributed by atoms with Gasteiger partial charge in [-0.25, -0.2) is 4.79 Å². The molecular weight excluding hydrogens is 260 g/mol. The van der Waals surface area contributed by atoms with Gasteiger partial charge in [-0.1, -0.05) is 0 Å². The predicted molar refractivity (Wildman–Crippen MR) is 68.4 cm³/mol. The van der Waals surface area contributed by atoms with Gasteiger partial charge in [0.1, 0.15) is 25.0 Å². The Balaban J connectivity index is 2.12. The fourth-order valence-corrected chi connectivity index (χ4v) is 2.14. The summed E-state index contributed by atoms with van der Waals surface area (Å²) < 4.78 is 12.3. The van der Waals surface area contributed by atoms with Crippen molar-refractivity contribution in [1.29, 1.82) is 5.26 Å². The molecule has 1 aromatic heterocycles. The molecule has 0 bridgehead atoms. The van der Waals surface area contributed by atoms with Crippen LogP contribution in [0.5, 0.6) is 11.5 Å². The van der Waals surface area contributed by atoms with E-state index in [-0.39, 0.29) is 11.3 Å². The molecule has 0 radical (unpaired) electrons. The highest BCUT2D eigenvalue weighted by atomic mass is 16.6. The molecule has 0 saturated heterocycles. The summed E-state index contributed by atoms with van der Waals surface area (Å²) in [5.74, 6) is 0.0447. The number of carboxylic acid groups (broad SMARTS) is 1. The first-order valence-corrected chi connectivity index (χ1v) is 5.95. The van der Waals surface area contributed by atoms with Gasteiger partial charge in [0.25, 0.3) is 0 Å². The largest absolute Gasteiger partial charge is 0.486 e. The smallest absolute Gasteiger partial charge is 0.354 e. The van der Waals surface area contributed by atoms with E-state index in [9.17, 15) is 9.90 Å². The lowest BCUT2D eigenvalue weighted by atomic mass is 10.2. The molecule has 2 heterocycles. The molecule has 1 aliphatic rings. The maximum Gasteiger partial charge on any atom is 0.354 e. The average molecular weight is 270 g/mol. The lowest BCUT2D eigenvalue weighted by molar-refractivity contribution is 0.0688. The highest BCUT2D eigenvalue weighted by molar-refractivity contribution is 5.89. The summed E-state index contributed by atoms with van der Waals surface area (Å²) in [6.07, 6.45) is 1.55. The number of ether oxygens (including phenoxy) is 2. The van der Waals surface area contributed by atoms with Crippen LogP contribution in [0.4, 0.5) is 0 Å². The van der Waals surface area contributed by atoms with Crippen LogP contribution < -0.4 is 9.47 Å². The molecule has 1 N–H and O–H groups in total. The fourth-order valence-electron chi connectivity index (χ4n) is 2.14. The highest BCUT2D eigenvalue weighted by Crippen LogP contribution is 2.32. The Hall–Kier alpha value is -2.94. The number of benzene rings is 1. The number of hydrogen-bond donors (Lipinski definition) is 1. The molecule has 0 spiro atoms. The molecule has 0 saturated carbocycles. The van der Waals surface area contributed by atoms with Crippen molar-refractivity contribution >= 4 is 5.97 Å². The summed E-state index contributed by atoms with van der Waals surface area (Å²) in [4.78, 5) is 11.3. The van der Waals surface area contributed by atoms with E-state index in [0.717, 1.165) is 0 Å². The van der Waals surface area contributed by atoms with Gasteiger partial charge < -0.3 is 19.1 Å². The van der Waals surface area contributed by atoms with Gasteiger partial charge in [-0.15, -0.1) is 0 Å². The molecule has 0 atom stereocenters. The van der Waals surface area contributed by atoms with E-state index < -0.39 is 5.97 Å². The standard InChI is InChI=1S/C14H10N2O4/c15-8-9-3-4-16(13(9)14(17)18)10-1-2-11-12(7-10)20-6-5-19-11/h1-4,7H,5-6H2,(H,17,18). The Morgan fingerprint density at radius 3 is 2.70 bits per heavy atom. The van der Waals surface area contributed by atoms with Gasteiger partial charge in [-0.2, -0.15) is 5.26 Å². The molecule has 1 aliphatic heterocycles. The third kappa shape index (κ3) is 1.86. The molecule has 0 aliphatic carbocycles. The fraction of sp³-hybridized carbons (Fsp3) is 0.143. The first-order valence-electron chi connectivity index (χ1n) is 5.95. The second-order valence-corrected chi connectivity index (χ2v) is 4.19. The number of rotatable bonds is 2. The van der Waals surface area contributed by atoms with Gasteiger partial charge in [0, 0.05) is 18.0 Å². The van der Waals surface area contributed by atoms with Crippen molar-refractivity contribution in [1.82, 2.24) is 4.57 Å². The van der Waals surface area contributed by atoms with Crippen LogP contribution in [0.2, 0.25) is 0 Å². The zero-order valence-electron chi connectivity index (χ0n) is 10.4. The van der Waals surface area contributed by atoms with E-state index in [1.54, 1.807) is 24.4 Å². The minimum absolute atomic E-state index is 0.0656. The highest BCUT2D eigenvalue weighted by Gasteiger charge is 2.19. The quantitative estimate of drug-likeness (QED) is 0.899. The van der Waals surface area contributed by atoms with Gasteiger partial charge in [-0.05, 0) is 18.2 Å². The molecule has 1 aromatic carbocycles. The Labute approximate surface area is 114 Å². The first kappa shape index (κ1) is 12.1. The predicted octanol–water partition coefficient (Wildman–Crippen LogP) is 1.82. The summed E-state index contributed by atoms with van der Waals surface area (Å²) in [6.45, 7) is 0.951. The number of nitriles is 1. The summed E-state index contributed by atoms with van der Waals surface area (Å²) in [5.41, 5.74) is 0.657. The van der Waals surface area contributed by atoms with Crippen LogP contribution in [0.3, 0.4) is 0 Å². The van der Waals surface area contributed by atoms with Crippen molar-refractivity contribution in [2.24, 2.45) is 0 Å². The summed E-state index contributed by atoms with van der Waals surface area (Å²) in [7, 11) is 0. The van der Waals surface area contributed by atoms with Crippen LogP contribution in [-0.4, -0.2) is 28.9 Å². The molecule has 6 nitrogen and oxygen atoms in total. The second-order valence-electron chi connectivity index (χ2n) is 4.19. The van der Waals surface area contributed by atoms with E-state index in [1.807, 2.05) is 6.07 Å². The van der Waals surface area contributed by atoms with Crippen LogP contribution in [0, 0.1) is 11.3 Å². The van der Waals surface area contributed by atoms with Crippen molar-refractivity contribution in [2.75, 3.05) is 13.2 Å². The monoisotopic (exact) mass is 270 g/mol. The van der Waals surface area contributed by atoms with Crippen molar-refractivity contribution < 1.29 is 19.4 Å². The van der Waals surface area contributed by atoms with E-state index in [0.29, 0.717) is 30.4 Å². The van der Waals surface area contributed by atoms with Gasteiger partial charge in [0.05, 0.1) is 5.56 Å². The van der Waals surface area contributed by atoms with Crippen LogP contribution in [0.15, 0.2) is 30.5 Å². The number of nitrogens with zero attached hydrogens (tertiary/aromatic N) is 2. The third-order valence-corrected chi connectivity index (χ3v) is 3.01. The van der Waals surface area contributed by atoms with Crippen LogP contribution >= 0.6 is 0 Å². The minimum Gasteiger partial charge on any atom is -0.486 e. The SMILES string of the molecule is N#Cc1ccn(-c2ccc3c(c2)OCCO3)c1C(=O)O. The molecule has 0 amide bonds. The first-order chi connectivity index (χ1) is 9.70. The summed E-state index contributed by atoms with van der Waals surface area (Å²) in [6, 6.07) is 8.49. The molecule has 2 aromatic rings. The minimum atomic E-state index is -1.15. The average Bonchev–Trinajstić information content (AvgIpc) is 2.91. The zero-order valence-corrected chi connectivity index (χ0v) is 10.4. The van der Waals surface area contributed by atoms with E-state index in [1.165, 1.54) is 10.6 Å². The Morgan fingerprint density at radius 2 is 2.00 bits per heavy atom. The molecule has 20 heavy (non-hydrogen) atoms. The number of hydrogen-bond acceptors (Lipinski definition) is 4. The van der Waals surface area contributed by atoms with E-state index in [2.05, 4.69) is 0 Å². The van der Waals surface area contributed by atoms with Gasteiger partial charge in [-0.3, -0.25) is 0 Å². The third-order valence-electron chi connectivity index (χ3n) is 3.01. The lowest BCUT2D eigenvalue weighted by Crippen LogP contribution is -2.15. The number of carboxylic acids is 1. The lowest BCUT2D eigenvalue weighted by Gasteiger charge is -2.19. The molecule has 0 fully saturated rings. The van der Waals surface area contributed by atoms with Crippen LogP contribution in [-0.2, 0) is 0 Å². The van der Waals surface area contributed by atoms with Crippen LogP contribution in [0.25, 0.3) is 5.69 Å². The molecule has 3 rings (SSSR count). The van der Waals surface area contributed by atoms with Gasteiger partial charge >= 0.3 is 5.97 Å². The maximum atomic E-state index is 11.3. The van der Waals surface area contributed by atoms with E-state index in [4.69, 9.17) is 14.7 Å². The van der Waals surface area contributed by atoms with E-state index >= 15 is 0 Å². The summed E-state index contributed by atoms with van der Waals surface area (Å²) in [5, 5.41) is 18.2. The second kappa shape index (κ2) is 4.63. The topological polar surface area (TPSA) is 84.5 Å². The normalized spacial score (nSPS) is 12.8. The number of fused-ring (bicyclic) bond motifs is 1. The van der Waals surface area contributed by atoms with Crippen LogP contribution in [0.1, 0.15) is 16.1 Å². The number of aromatic carboxylic acids is 1. The van der Waals surface area contributed by atoms with Crippen molar-refractivity contribution in [3.63, 3.8) is 0 Å². The van der Waals surface area contributed by atoms with Gasteiger partial charge in [0.15, 0.2) is 11.5 Å². The van der Waals surface area contributed by atoms with Crippen molar-refractivity contribution in [2.45, 2.75) is 0 Å². The Bertz CT molecular complexity index is 727. The van der Waals surface area contributed by atoms with Gasteiger partial charge in [0.2, 0.25) is 0 Å². The van der Waals surface area contributed by atoms with Crippen molar-refractivity contribution in [3.05, 3.63) is 41.7 Å². The molecule has 100 valence electrons. The Morgan fingerprint density at radius 1 is 1.25 bits per heavy atom. The zero-order chi connectivity index (χ0) is 14.1. The number of aromatic nitrogens is 1. The molecular formula is C14H10N2O4. The molecule has 0 unspecified atom stereocenters.